The Morgan fingerprint density at radius 1 is 1.10 bits per heavy atom. The van der Waals surface area contributed by atoms with Gasteiger partial charge in [0.25, 0.3) is 11.7 Å². The van der Waals surface area contributed by atoms with Crippen LogP contribution in [0, 0.1) is 5.82 Å². The maximum Gasteiger partial charge on any atom is 0.295 e. The smallest absolute Gasteiger partial charge is 0.295 e. The molecule has 0 aromatic heterocycles. The van der Waals surface area contributed by atoms with Gasteiger partial charge in [-0.05, 0) is 56.1 Å². The number of ether oxygens (including phenoxy) is 1. The van der Waals surface area contributed by atoms with E-state index in [1.54, 1.807) is 24.3 Å². The van der Waals surface area contributed by atoms with Crippen LogP contribution in [0.2, 0.25) is 0 Å². The quantitative estimate of drug-likeness (QED) is 0.460. The summed E-state index contributed by atoms with van der Waals surface area (Å²) in [5.41, 5.74) is 0.938. The van der Waals surface area contributed by atoms with Gasteiger partial charge in [-0.1, -0.05) is 12.1 Å². The first-order chi connectivity index (χ1) is 13.8. The third-order valence-electron chi connectivity index (χ3n) is 4.88. The number of Topliss-reactive ketones (excluding diaryl/α,β-unsaturated/α-hetero) is 1. The first-order valence-electron chi connectivity index (χ1n) is 9.16. The molecule has 0 radical (unpaired) electrons. The van der Waals surface area contributed by atoms with Crippen molar-refractivity contribution in [1.82, 2.24) is 9.80 Å². The molecule has 1 N–H and O–H groups in total. The van der Waals surface area contributed by atoms with Crippen LogP contribution in [-0.2, 0) is 9.59 Å². The van der Waals surface area contributed by atoms with Crippen molar-refractivity contribution in [3.05, 3.63) is 71.0 Å². The average molecular weight is 398 g/mol. The van der Waals surface area contributed by atoms with Gasteiger partial charge >= 0.3 is 0 Å². The molecule has 0 bridgehead atoms. The van der Waals surface area contributed by atoms with Crippen molar-refractivity contribution >= 4 is 17.4 Å². The number of nitrogens with zero attached hydrogens (tertiary/aromatic N) is 2. The number of methoxy groups -OCH3 is 1. The Hall–Kier alpha value is -3.19. The number of likely N-dealkylation sites (N-methyl/N-ethyl adjacent to an activating group) is 1. The fraction of sp³-hybridized carbons (Fsp3) is 0.273. The second-order valence-electron chi connectivity index (χ2n) is 7.08. The van der Waals surface area contributed by atoms with Gasteiger partial charge in [-0.2, -0.15) is 0 Å². The molecule has 1 amide bonds. The summed E-state index contributed by atoms with van der Waals surface area (Å²) in [4.78, 5) is 28.9. The van der Waals surface area contributed by atoms with Crippen molar-refractivity contribution in [3.63, 3.8) is 0 Å². The molecule has 29 heavy (non-hydrogen) atoms. The summed E-state index contributed by atoms with van der Waals surface area (Å²) in [7, 11) is 5.25. The number of likely N-dealkylation sites (tertiary alicyclic amines) is 1. The number of halogens is 1. The Labute approximate surface area is 168 Å². The Morgan fingerprint density at radius 3 is 2.28 bits per heavy atom. The largest absolute Gasteiger partial charge is 0.507 e. The van der Waals surface area contributed by atoms with Crippen molar-refractivity contribution in [2.45, 2.75) is 6.04 Å². The molecule has 2 aromatic rings. The minimum atomic E-state index is -0.794. The van der Waals surface area contributed by atoms with Gasteiger partial charge in [0.15, 0.2) is 0 Å². The van der Waals surface area contributed by atoms with Crippen LogP contribution in [0.1, 0.15) is 17.2 Å². The predicted octanol–water partition coefficient (Wildman–Crippen LogP) is 2.82. The molecule has 0 spiro atoms. The molecule has 0 aliphatic carbocycles. The molecule has 6 nitrogen and oxygen atoms in total. The molecule has 3 rings (SSSR count). The molecule has 1 fully saturated rings. The Morgan fingerprint density at radius 2 is 1.72 bits per heavy atom. The summed E-state index contributed by atoms with van der Waals surface area (Å²) in [5.74, 6) is -1.53. The van der Waals surface area contributed by atoms with Crippen LogP contribution < -0.4 is 4.74 Å². The minimum absolute atomic E-state index is 0.00877. The fourth-order valence-electron chi connectivity index (χ4n) is 3.31. The zero-order chi connectivity index (χ0) is 21.1. The predicted molar refractivity (Wildman–Crippen MR) is 107 cm³/mol. The molecule has 1 heterocycles. The average Bonchev–Trinajstić information content (AvgIpc) is 2.97. The van der Waals surface area contributed by atoms with E-state index in [0.29, 0.717) is 30.0 Å². The van der Waals surface area contributed by atoms with E-state index >= 15 is 0 Å². The lowest BCUT2D eigenvalue weighted by atomic mass is 9.95. The monoisotopic (exact) mass is 398 g/mol. The molecular formula is C22H23FN2O4. The highest BCUT2D eigenvalue weighted by atomic mass is 19.1. The second-order valence-corrected chi connectivity index (χ2v) is 7.08. The normalized spacial score (nSPS) is 18.5. The lowest BCUT2D eigenvalue weighted by molar-refractivity contribution is -0.140. The highest BCUT2D eigenvalue weighted by molar-refractivity contribution is 6.46. The van der Waals surface area contributed by atoms with Gasteiger partial charge in [-0.15, -0.1) is 0 Å². The van der Waals surface area contributed by atoms with Crippen LogP contribution >= 0.6 is 0 Å². The second kappa shape index (κ2) is 8.45. The number of carbonyl (C=O) groups excluding carboxylic acids is 2. The summed E-state index contributed by atoms with van der Waals surface area (Å²) in [6.07, 6.45) is 0. The molecule has 1 aliphatic rings. The third kappa shape index (κ3) is 4.14. The molecule has 0 unspecified atom stereocenters. The number of amides is 1. The molecule has 1 atom stereocenters. The van der Waals surface area contributed by atoms with Gasteiger partial charge in [-0.3, -0.25) is 9.59 Å². The summed E-state index contributed by atoms with van der Waals surface area (Å²) in [5, 5.41) is 10.9. The Bertz CT molecular complexity index is 936. The molecule has 7 heteroatoms. The first-order valence-corrected chi connectivity index (χ1v) is 9.16. The lowest BCUT2D eigenvalue weighted by Crippen LogP contribution is -2.35. The summed E-state index contributed by atoms with van der Waals surface area (Å²) >= 11 is 0. The number of aliphatic hydroxyl groups is 1. The summed E-state index contributed by atoms with van der Waals surface area (Å²) in [6.45, 7) is 0.826. The van der Waals surface area contributed by atoms with Crippen LogP contribution in [-0.4, -0.2) is 60.9 Å². The standard InChI is InChI=1S/C22H23FN2O4/c1-24(2)12-13-25-19(14-4-8-16(23)9-5-14)18(21(27)22(25)28)20(26)15-6-10-17(29-3)11-7-15/h4-11,19,26H,12-13H2,1-3H3/b20-18+/t19-/m1/s1. The van der Waals surface area contributed by atoms with Crippen molar-refractivity contribution in [2.24, 2.45) is 0 Å². The molecule has 1 aliphatic heterocycles. The maximum atomic E-state index is 13.4. The molecule has 1 saturated heterocycles. The highest BCUT2D eigenvalue weighted by Gasteiger charge is 2.45. The topological polar surface area (TPSA) is 70.1 Å². The van der Waals surface area contributed by atoms with E-state index in [-0.39, 0.29) is 11.3 Å². The van der Waals surface area contributed by atoms with Crippen molar-refractivity contribution in [2.75, 3.05) is 34.3 Å². The summed E-state index contributed by atoms with van der Waals surface area (Å²) in [6, 6.07) is 11.3. The van der Waals surface area contributed by atoms with Gasteiger partial charge in [-0.25, -0.2) is 4.39 Å². The van der Waals surface area contributed by atoms with Crippen LogP contribution in [0.15, 0.2) is 54.1 Å². The zero-order valence-electron chi connectivity index (χ0n) is 16.6. The number of hydrogen-bond donors (Lipinski definition) is 1. The minimum Gasteiger partial charge on any atom is -0.507 e. The maximum absolute atomic E-state index is 13.4. The van der Waals surface area contributed by atoms with Crippen molar-refractivity contribution in [1.29, 1.82) is 0 Å². The number of rotatable bonds is 6. The highest BCUT2D eigenvalue weighted by Crippen LogP contribution is 2.39. The first kappa shape index (κ1) is 20.5. The van der Waals surface area contributed by atoms with Crippen molar-refractivity contribution < 1.29 is 23.8 Å². The van der Waals surface area contributed by atoms with Crippen LogP contribution in [0.3, 0.4) is 0 Å². The zero-order valence-corrected chi connectivity index (χ0v) is 16.6. The molecule has 2 aromatic carbocycles. The molecular weight excluding hydrogens is 375 g/mol. The van der Waals surface area contributed by atoms with Crippen LogP contribution in [0.5, 0.6) is 5.75 Å². The number of aliphatic hydroxyl groups excluding tert-OH is 1. The lowest BCUT2D eigenvalue weighted by Gasteiger charge is -2.26. The van der Waals surface area contributed by atoms with Gasteiger partial charge in [0, 0.05) is 18.7 Å². The summed E-state index contributed by atoms with van der Waals surface area (Å²) < 4.78 is 18.6. The molecule has 152 valence electrons. The SMILES string of the molecule is COc1ccc(/C(O)=C2\C(=O)C(=O)N(CCN(C)C)[C@@H]2c2ccc(F)cc2)cc1. The third-order valence-corrected chi connectivity index (χ3v) is 4.88. The van der Waals surface area contributed by atoms with Gasteiger partial charge < -0.3 is 19.6 Å². The van der Waals surface area contributed by atoms with Crippen molar-refractivity contribution in [3.8, 4) is 5.75 Å². The van der Waals surface area contributed by atoms with E-state index in [1.807, 2.05) is 19.0 Å². The van der Waals surface area contributed by atoms with Gasteiger partial charge in [0.2, 0.25) is 0 Å². The van der Waals surface area contributed by atoms with E-state index in [1.165, 1.54) is 36.3 Å². The van der Waals surface area contributed by atoms with E-state index in [9.17, 15) is 19.1 Å². The Kier molecular flexibility index (Phi) is 5.98. The van der Waals surface area contributed by atoms with E-state index in [0.717, 1.165) is 0 Å². The molecule has 0 saturated carbocycles. The Balaban J connectivity index is 2.11. The van der Waals surface area contributed by atoms with Gasteiger partial charge in [0.1, 0.15) is 17.3 Å². The van der Waals surface area contributed by atoms with Crippen LogP contribution in [0.4, 0.5) is 4.39 Å². The van der Waals surface area contributed by atoms with E-state index in [4.69, 9.17) is 4.74 Å². The van der Waals surface area contributed by atoms with E-state index in [2.05, 4.69) is 0 Å². The van der Waals surface area contributed by atoms with Gasteiger partial charge in [0.05, 0.1) is 18.7 Å². The van der Waals surface area contributed by atoms with E-state index < -0.39 is 23.5 Å². The number of carbonyl (C=O) groups is 2. The number of ketones is 1. The fourth-order valence-corrected chi connectivity index (χ4v) is 3.31. The van der Waals surface area contributed by atoms with Crippen LogP contribution in [0.25, 0.3) is 5.76 Å². The number of hydrogen-bond acceptors (Lipinski definition) is 5. The number of benzene rings is 2.